The van der Waals surface area contributed by atoms with Crippen LogP contribution in [0.2, 0.25) is 15.1 Å². The van der Waals surface area contributed by atoms with Gasteiger partial charge >= 0.3 is 0 Å². The van der Waals surface area contributed by atoms with Crippen LogP contribution in [-0.4, -0.2) is 41.8 Å². The fourth-order valence-corrected chi connectivity index (χ4v) is 5.95. The number of hydrogen-bond donors (Lipinski definition) is 2. The van der Waals surface area contributed by atoms with E-state index in [4.69, 9.17) is 62.7 Å². The van der Waals surface area contributed by atoms with Gasteiger partial charge in [-0.15, -0.1) is 23.2 Å². The monoisotopic (exact) mass is 691 g/mol. The summed E-state index contributed by atoms with van der Waals surface area (Å²) in [5, 5.41) is 5.61. The summed E-state index contributed by atoms with van der Waals surface area (Å²) < 4.78 is 33.8. The van der Waals surface area contributed by atoms with Gasteiger partial charge in [-0.3, -0.25) is 14.4 Å². The minimum absolute atomic E-state index is 0.0137. The standard InChI is InChI=1S/C29H24Cl5F2N3O4/c1-4-43-13(2)28(42)39(3)25-20(35)9-10-21(24(25)36)38-26(40)16-12-15(6-8-17(16)30)37-27(41)23-22(29(23,33)34)14-5-7-18(31)19(32)11-14/h5-13,22-23H,4H2,1-3H3,(H,37,41)(H,38,40)/t13?,22-,23?/m0/s1. The Labute approximate surface area is 271 Å². The normalized spacial score (nSPS) is 17.6. The molecule has 14 heteroatoms. The molecule has 1 aliphatic carbocycles. The van der Waals surface area contributed by atoms with Crippen LogP contribution in [0.25, 0.3) is 0 Å². The van der Waals surface area contributed by atoms with E-state index in [1.165, 1.54) is 32.2 Å². The predicted molar refractivity (Wildman–Crippen MR) is 166 cm³/mol. The molecule has 7 nitrogen and oxygen atoms in total. The van der Waals surface area contributed by atoms with Crippen molar-refractivity contribution in [3.05, 3.63) is 86.4 Å². The number of rotatable bonds is 9. The molecule has 2 N–H and O–H groups in total. The number of carbonyl (C=O) groups is 3. The summed E-state index contributed by atoms with van der Waals surface area (Å²) in [7, 11) is 1.19. The number of carbonyl (C=O) groups excluding carboxylic acids is 3. The average Bonchev–Trinajstić information content (AvgIpc) is 3.54. The van der Waals surface area contributed by atoms with Crippen molar-refractivity contribution < 1.29 is 27.9 Å². The minimum atomic E-state index is -1.42. The molecular formula is C29H24Cl5F2N3O4. The van der Waals surface area contributed by atoms with Crippen molar-refractivity contribution in [3.63, 3.8) is 0 Å². The molecule has 0 aliphatic heterocycles. The topological polar surface area (TPSA) is 87.7 Å². The first-order chi connectivity index (χ1) is 20.2. The molecule has 1 fully saturated rings. The van der Waals surface area contributed by atoms with Crippen LogP contribution in [0, 0.1) is 17.6 Å². The number of nitrogens with one attached hydrogen (secondary N) is 2. The van der Waals surface area contributed by atoms with E-state index < -0.39 is 63.0 Å². The Kier molecular flexibility index (Phi) is 10.2. The second-order valence-corrected chi connectivity index (χ2v) is 12.4. The maximum atomic E-state index is 15.4. The van der Waals surface area contributed by atoms with Crippen molar-refractivity contribution >= 4 is 92.8 Å². The third-order valence-electron chi connectivity index (χ3n) is 6.86. The smallest absolute Gasteiger partial charge is 0.257 e. The van der Waals surface area contributed by atoms with Crippen LogP contribution in [-0.2, 0) is 14.3 Å². The lowest BCUT2D eigenvalue weighted by Crippen LogP contribution is -2.37. The number of nitrogens with zero attached hydrogens (tertiary/aromatic N) is 1. The summed E-state index contributed by atoms with van der Waals surface area (Å²) in [4.78, 5) is 39.6. The summed E-state index contributed by atoms with van der Waals surface area (Å²) in [5.41, 5.74) is -0.408. The molecule has 4 rings (SSSR count). The molecule has 2 unspecified atom stereocenters. The van der Waals surface area contributed by atoms with Crippen molar-refractivity contribution in [2.45, 2.75) is 30.2 Å². The van der Waals surface area contributed by atoms with E-state index in [-0.39, 0.29) is 27.9 Å². The van der Waals surface area contributed by atoms with Gasteiger partial charge in [-0.05, 0) is 61.9 Å². The van der Waals surface area contributed by atoms with Gasteiger partial charge in [-0.2, -0.15) is 0 Å². The van der Waals surface area contributed by atoms with Gasteiger partial charge in [-0.25, -0.2) is 8.78 Å². The Balaban J connectivity index is 1.52. The number of anilines is 3. The molecule has 0 heterocycles. The Bertz CT molecular complexity index is 1610. The van der Waals surface area contributed by atoms with Gasteiger partial charge in [0.15, 0.2) is 5.82 Å². The van der Waals surface area contributed by atoms with Crippen molar-refractivity contribution in [2.75, 3.05) is 29.2 Å². The maximum absolute atomic E-state index is 15.4. The van der Waals surface area contributed by atoms with Crippen molar-refractivity contribution in [1.29, 1.82) is 0 Å². The first kappa shape index (κ1) is 33.2. The van der Waals surface area contributed by atoms with E-state index in [1.807, 2.05) is 0 Å². The summed E-state index contributed by atoms with van der Waals surface area (Å²) >= 11 is 31.2. The highest BCUT2D eigenvalue weighted by molar-refractivity contribution is 6.53. The van der Waals surface area contributed by atoms with Crippen molar-refractivity contribution in [1.82, 2.24) is 0 Å². The second-order valence-electron chi connectivity index (χ2n) is 9.69. The number of hydrogen-bond acceptors (Lipinski definition) is 4. The molecule has 1 aliphatic rings. The zero-order valence-electron chi connectivity index (χ0n) is 22.8. The highest BCUT2D eigenvalue weighted by Crippen LogP contribution is 2.65. The molecule has 0 radical (unpaired) electrons. The zero-order valence-corrected chi connectivity index (χ0v) is 26.6. The van der Waals surface area contributed by atoms with E-state index in [0.29, 0.717) is 10.6 Å². The number of likely N-dealkylation sites (N-methyl/N-ethyl adjacent to an activating group) is 1. The minimum Gasteiger partial charge on any atom is -0.369 e. The first-order valence-electron chi connectivity index (χ1n) is 12.8. The molecular weight excluding hydrogens is 670 g/mol. The zero-order chi connectivity index (χ0) is 31.8. The van der Waals surface area contributed by atoms with Gasteiger partial charge in [0, 0.05) is 25.3 Å². The lowest BCUT2D eigenvalue weighted by molar-refractivity contribution is -0.128. The van der Waals surface area contributed by atoms with Crippen LogP contribution in [0.5, 0.6) is 0 Å². The van der Waals surface area contributed by atoms with Crippen LogP contribution in [0.15, 0.2) is 48.5 Å². The molecule has 3 aromatic rings. The summed E-state index contributed by atoms with van der Waals surface area (Å²) in [6.07, 6.45) is -0.957. The Morgan fingerprint density at radius 3 is 2.30 bits per heavy atom. The highest BCUT2D eigenvalue weighted by Gasteiger charge is 2.67. The van der Waals surface area contributed by atoms with Crippen LogP contribution in [0.1, 0.15) is 35.7 Å². The fraction of sp³-hybridized carbons (Fsp3) is 0.276. The number of ether oxygens (including phenoxy) is 1. The largest absolute Gasteiger partial charge is 0.369 e. The fourth-order valence-electron chi connectivity index (χ4n) is 4.61. The molecule has 3 amide bonds. The van der Waals surface area contributed by atoms with Crippen LogP contribution in [0.3, 0.4) is 0 Å². The van der Waals surface area contributed by atoms with Crippen molar-refractivity contribution in [2.24, 2.45) is 5.92 Å². The van der Waals surface area contributed by atoms with Crippen molar-refractivity contribution in [3.8, 4) is 0 Å². The molecule has 0 aromatic heterocycles. The number of alkyl halides is 2. The van der Waals surface area contributed by atoms with Gasteiger partial charge in [0.1, 0.15) is 21.9 Å². The number of amides is 3. The summed E-state index contributed by atoms with van der Waals surface area (Å²) in [5.74, 6) is -5.71. The van der Waals surface area contributed by atoms with Crippen LogP contribution < -0.4 is 15.5 Å². The SMILES string of the molecule is CCOC(C)C(=O)N(C)c1c(F)ccc(NC(=O)c2cc(NC(=O)C3[C@H](c4ccc(Cl)c(Cl)c4)C3(Cl)Cl)ccc2Cl)c1F. The van der Waals surface area contributed by atoms with Gasteiger partial charge in [0.2, 0.25) is 5.91 Å². The van der Waals surface area contributed by atoms with E-state index in [9.17, 15) is 18.8 Å². The highest BCUT2D eigenvalue weighted by atomic mass is 35.5. The van der Waals surface area contributed by atoms with E-state index in [2.05, 4.69) is 10.6 Å². The van der Waals surface area contributed by atoms with Gasteiger partial charge < -0.3 is 20.3 Å². The molecule has 228 valence electrons. The van der Waals surface area contributed by atoms with Crippen LogP contribution in [0.4, 0.5) is 25.8 Å². The number of benzene rings is 3. The molecule has 3 atom stereocenters. The second kappa shape index (κ2) is 13.1. The Morgan fingerprint density at radius 1 is 0.977 bits per heavy atom. The van der Waals surface area contributed by atoms with Gasteiger partial charge in [-0.1, -0.05) is 40.9 Å². The molecule has 3 aromatic carbocycles. The van der Waals surface area contributed by atoms with E-state index >= 15 is 4.39 Å². The quantitative estimate of drug-likeness (QED) is 0.222. The Morgan fingerprint density at radius 2 is 1.65 bits per heavy atom. The summed E-state index contributed by atoms with van der Waals surface area (Å²) in [6.45, 7) is 3.35. The third-order valence-corrected chi connectivity index (χ3v) is 8.87. The summed E-state index contributed by atoms with van der Waals surface area (Å²) in [6, 6.07) is 10.8. The molecule has 1 saturated carbocycles. The van der Waals surface area contributed by atoms with E-state index in [0.717, 1.165) is 17.0 Å². The molecule has 43 heavy (non-hydrogen) atoms. The van der Waals surface area contributed by atoms with Gasteiger partial charge in [0.25, 0.3) is 11.8 Å². The van der Waals surface area contributed by atoms with Crippen LogP contribution >= 0.6 is 58.0 Å². The van der Waals surface area contributed by atoms with Gasteiger partial charge in [0.05, 0.1) is 32.2 Å². The average molecular weight is 694 g/mol. The number of halogens is 7. The first-order valence-corrected chi connectivity index (χ1v) is 14.7. The molecule has 0 bridgehead atoms. The molecule has 0 saturated heterocycles. The molecule has 0 spiro atoms. The Hall–Kier alpha value is -2.66. The lowest BCUT2D eigenvalue weighted by Gasteiger charge is -2.23. The maximum Gasteiger partial charge on any atom is 0.257 e. The third kappa shape index (κ3) is 6.87. The lowest BCUT2D eigenvalue weighted by atomic mass is 10.1. The predicted octanol–water partition coefficient (Wildman–Crippen LogP) is 8.09. The van der Waals surface area contributed by atoms with E-state index in [1.54, 1.807) is 25.1 Å².